The van der Waals surface area contributed by atoms with Crippen LogP contribution in [0.2, 0.25) is 0 Å². The molecule has 0 aromatic carbocycles. The largest absolute Gasteiger partial charge is 0.376 e. The predicted molar refractivity (Wildman–Crippen MR) is 48.0 cm³/mol. The second-order valence-corrected chi connectivity index (χ2v) is 3.28. The van der Waals surface area contributed by atoms with E-state index in [4.69, 9.17) is 10.5 Å². The van der Waals surface area contributed by atoms with E-state index in [1.54, 1.807) is 6.33 Å². The fourth-order valence-electron chi connectivity index (χ4n) is 1.57. The Hall–Kier alpha value is -1.00. The number of nitrogens with two attached hydrogens (primary N) is 1. The van der Waals surface area contributed by atoms with Crippen LogP contribution in [0.1, 0.15) is 29.9 Å². The van der Waals surface area contributed by atoms with Gasteiger partial charge in [-0.1, -0.05) is 0 Å². The average Bonchev–Trinajstić information content (AvgIpc) is 2.17. The quantitative estimate of drug-likeness (QED) is 0.684. The normalized spacial score (nSPS) is 18.0. The number of rotatable bonds is 1. The minimum atomic E-state index is -0.0431. The Morgan fingerprint density at radius 2 is 2.38 bits per heavy atom. The summed E-state index contributed by atoms with van der Waals surface area (Å²) >= 11 is 0. The molecule has 1 atom stereocenters. The maximum absolute atomic E-state index is 5.79. The standard InChI is InChI=1S/C9H13N3O/c1-6(10)9-7-4-13-3-2-8(7)11-5-12-9/h5-6H,2-4,10H2,1H3/t6-/m0/s1. The Bertz CT molecular complexity index is 312. The van der Waals surface area contributed by atoms with Crippen molar-refractivity contribution in [3.63, 3.8) is 0 Å². The first kappa shape index (κ1) is 8.59. The van der Waals surface area contributed by atoms with E-state index in [9.17, 15) is 0 Å². The number of aromatic nitrogens is 2. The predicted octanol–water partition coefficient (Wildman–Crippen LogP) is 0.569. The van der Waals surface area contributed by atoms with E-state index < -0.39 is 0 Å². The molecule has 2 N–H and O–H groups in total. The first-order valence-corrected chi connectivity index (χ1v) is 4.45. The van der Waals surface area contributed by atoms with E-state index >= 15 is 0 Å². The van der Waals surface area contributed by atoms with Gasteiger partial charge in [0.2, 0.25) is 0 Å². The summed E-state index contributed by atoms with van der Waals surface area (Å²) in [7, 11) is 0. The zero-order valence-electron chi connectivity index (χ0n) is 7.66. The maximum atomic E-state index is 5.79. The molecule has 2 heterocycles. The number of ether oxygens (including phenoxy) is 1. The molecule has 0 aliphatic carbocycles. The highest BCUT2D eigenvalue weighted by Crippen LogP contribution is 2.20. The zero-order valence-corrected chi connectivity index (χ0v) is 7.66. The van der Waals surface area contributed by atoms with Gasteiger partial charge >= 0.3 is 0 Å². The van der Waals surface area contributed by atoms with Crippen LogP contribution < -0.4 is 5.73 Å². The van der Waals surface area contributed by atoms with Crippen LogP contribution >= 0.6 is 0 Å². The Morgan fingerprint density at radius 1 is 1.54 bits per heavy atom. The zero-order chi connectivity index (χ0) is 9.26. The second kappa shape index (κ2) is 3.40. The molecule has 0 radical (unpaired) electrons. The van der Waals surface area contributed by atoms with Crippen molar-refractivity contribution in [3.05, 3.63) is 23.3 Å². The van der Waals surface area contributed by atoms with Crippen molar-refractivity contribution in [1.82, 2.24) is 9.97 Å². The van der Waals surface area contributed by atoms with Gasteiger partial charge in [0.1, 0.15) is 6.33 Å². The number of nitrogens with zero attached hydrogens (tertiary/aromatic N) is 2. The van der Waals surface area contributed by atoms with Crippen LogP contribution in [-0.2, 0) is 17.8 Å². The molecule has 0 fully saturated rings. The Kier molecular flexibility index (Phi) is 2.24. The van der Waals surface area contributed by atoms with Crippen LogP contribution in [-0.4, -0.2) is 16.6 Å². The summed E-state index contributed by atoms with van der Waals surface area (Å²) in [6.07, 6.45) is 2.46. The third-order valence-corrected chi connectivity index (χ3v) is 2.23. The van der Waals surface area contributed by atoms with Crippen molar-refractivity contribution in [2.45, 2.75) is 26.0 Å². The first-order valence-electron chi connectivity index (χ1n) is 4.45. The van der Waals surface area contributed by atoms with E-state index in [-0.39, 0.29) is 6.04 Å². The molecule has 0 spiro atoms. The Labute approximate surface area is 77.1 Å². The lowest BCUT2D eigenvalue weighted by Crippen LogP contribution is -2.19. The van der Waals surface area contributed by atoms with Gasteiger partial charge in [0.05, 0.1) is 24.6 Å². The molecular weight excluding hydrogens is 166 g/mol. The van der Waals surface area contributed by atoms with Crippen molar-refractivity contribution in [3.8, 4) is 0 Å². The average molecular weight is 179 g/mol. The fourth-order valence-corrected chi connectivity index (χ4v) is 1.57. The summed E-state index contributed by atoms with van der Waals surface area (Å²) < 4.78 is 5.35. The highest BCUT2D eigenvalue weighted by Gasteiger charge is 2.17. The molecule has 2 rings (SSSR count). The highest BCUT2D eigenvalue weighted by atomic mass is 16.5. The monoisotopic (exact) mass is 179 g/mol. The van der Waals surface area contributed by atoms with Crippen LogP contribution in [0.5, 0.6) is 0 Å². The summed E-state index contributed by atoms with van der Waals surface area (Å²) in [4.78, 5) is 8.39. The van der Waals surface area contributed by atoms with Gasteiger partial charge in [0, 0.05) is 18.0 Å². The molecule has 0 saturated heterocycles. The summed E-state index contributed by atoms with van der Waals surface area (Å²) in [6, 6.07) is -0.0431. The number of hydrogen-bond donors (Lipinski definition) is 1. The molecule has 1 aliphatic heterocycles. The topological polar surface area (TPSA) is 61.0 Å². The molecule has 1 aromatic heterocycles. The van der Waals surface area contributed by atoms with E-state index in [1.165, 1.54) is 0 Å². The molecule has 1 aromatic rings. The van der Waals surface area contributed by atoms with Crippen LogP contribution in [0.4, 0.5) is 0 Å². The van der Waals surface area contributed by atoms with E-state index in [2.05, 4.69) is 9.97 Å². The summed E-state index contributed by atoms with van der Waals surface area (Å²) in [5, 5.41) is 0. The minimum Gasteiger partial charge on any atom is -0.376 e. The summed E-state index contributed by atoms with van der Waals surface area (Å²) in [5.74, 6) is 0. The Balaban J connectivity index is 2.46. The maximum Gasteiger partial charge on any atom is 0.116 e. The minimum absolute atomic E-state index is 0.0431. The summed E-state index contributed by atoms with van der Waals surface area (Å²) in [6.45, 7) is 3.28. The van der Waals surface area contributed by atoms with Crippen LogP contribution in [0.15, 0.2) is 6.33 Å². The third-order valence-electron chi connectivity index (χ3n) is 2.23. The van der Waals surface area contributed by atoms with Crippen molar-refractivity contribution in [2.75, 3.05) is 6.61 Å². The van der Waals surface area contributed by atoms with Crippen LogP contribution in [0, 0.1) is 0 Å². The molecule has 0 saturated carbocycles. The molecule has 0 amide bonds. The number of fused-ring (bicyclic) bond motifs is 1. The van der Waals surface area contributed by atoms with Gasteiger partial charge in [-0.2, -0.15) is 0 Å². The van der Waals surface area contributed by atoms with Gasteiger partial charge in [-0.3, -0.25) is 0 Å². The first-order chi connectivity index (χ1) is 6.29. The number of hydrogen-bond acceptors (Lipinski definition) is 4. The molecule has 4 heteroatoms. The SMILES string of the molecule is C[C@H](N)c1ncnc2c1COCC2. The smallest absolute Gasteiger partial charge is 0.116 e. The molecule has 1 aliphatic rings. The van der Waals surface area contributed by atoms with Crippen molar-refractivity contribution >= 4 is 0 Å². The van der Waals surface area contributed by atoms with E-state index in [0.717, 1.165) is 30.0 Å². The Morgan fingerprint density at radius 3 is 3.15 bits per heavy atom. The van der Waals surface area contributed by atoms with Crippen molar-refractivity contribution in [2.24, 2.45) is 5.73 Å². The lowest BCUT2D eigenvalue weighted by atomic mass is 10.0. The van der Waals surface area contributed by atoms with Gasteiger partial charge < -0.3 is 10.5 Å². The molecular formula is C9H13N3O. The molecule has 70 valence electrons. The van der Waals surface area contributed by atoms with Gasteiger partial charge in [-0.15, -0.1) is 0 Å². The summed E-state index contributed by atoms with van der Waals surface area (Å²) in [5.41, 5.74) is 8.89. The highest BCUT2D eigenvalue weighted by molar-refractivity contribution is 5.27. The second-order valence-electron chi connectivity index (χ2n) is 3.28. The van der Waals surface area contributed by atoms with Crippen molar-refractivity contribution < 1.29 is 4.74 Å². The molecule has 4 nitrogen and oxygen atoms in total. The van der Waals surface area contributed by atoms with Crippen molar-refractivity contribution in [1.29, 1.82) is 0 Å². The fraction of sp³-hybridized carbons (Fsp3) is 0.556. The third kappa shape index (κ3) is 1.55. The van der Waals surface area contributed by atoms with Gasteiger partial charge in [-0.25, -0.2) is 9.97 Å². The van der Waals surface area contributed by atoms with E-state index in [1.807, 2.05) is 6.92 Å². The van der Waals surface area contributed by atoms with Gasteiger partial charge in [0.15, 0.2) is 0 Å². The van der Waals surface area contributed by atoms with E-state index in [0.29, 0.717) is 6.61 Å². The van der Waals surface area contributed by atoms with Crippen LogP contribution in [0.3, 0.4) is 0 Å². The lowest BCUT2D eigenvalue weighted by Gasteiger charge is -2.19. The van der Waals surface area contributed by atoms with Crippen LogP contribution in [0.25, 0.3) is 0 Å². The molecule has 0 bridgehead atoms. The van der Waals surface area contributed by atoms with Gasteiger partial charge in [-0.05, 0) is 6.92 Å². The molecule has 0 unspecified atom stereocenters. The molecule has 13 heavy (non-hydrogen) atoms. The lowest BCUT2D eigenvalue weighted by molar-refractivity contribution is 0.107. The van der Waals surface area contributed by atoms with Gasteiger partial charge in [0.25, 0.3) is 0 Å².